The molecule has 0 aliphatic rings. The molecule has 0 fully saturated rings. The first kappa shape index (κ1) is 17.7. The summed E-state index contributed by atoms with van der Waals surface area (Å²) in [5.41, 5.74) is 1.98. The Morgan fingerprint density at radius 3 is 2.08 bits per heavy atom. The van der Waals surface area contributed by atoms with E-state index in [-0.39, 0.29) is 18.9 Å². The van der Waals surface area contributed by atoms with Crippen LogP contribution >= 0.6 is 0 Å². The highest BCUT2D eigenvalue weighted by atomic mass is 16.4. The minimum atomic E-state index is -1.03. The Balaban J connectivity index is 1.87. The Kier molecular flexibility index (Phi) is 6.51. The van der Waals surface area contributed by atoms with E-state index in [1.54, 1.807) is 0 Å². The van der Waals surface area contributed by atoms with Gasteiger partial charge in [-0.3, -0.25) is 9.69 Å². The topological polar surface area (TPSA) is 69.6 Å². The molecule has 1 amide bonds. The van der Waals surface area contributed by atoms with Crippen LogP contribution in [0.1, 0.15) is 11.1 Å². The second-order valence-electron chi connectivity index (χ2n) is 5.81. The van der Waals surface area contributed by atoms with E-state index in [0.29, 0.717) is 6.54 Å². The molecule has 0 unspecified atom stereocenters. The average Bonchev–Trinajstić information content (AvgIpc) is 2.55. The van der Waals surface area contributed by atoms with Crippen LogP contribution in [0.4, 0.5) is 0 Å². The average molecular weight is 326 g/mol. The lowest BCUT2D eigenvalue weighted by Gasteiger charge is -2.19. The van der Waals surface area contributed by atoms with E-state index in [1.165, 1.54) is 0 Å². The monoisotopic (exact) mass is 326 g/mol. The zero-order valence-corrected chi connectivity index (χ0v) is 13.7. The van der Waals surface area contributed by atoms with Crippen molar-refractivity contribution >= 4 is 11.9 Å². The van der Waals surface area contributed by atoms with Crippen LogP contribution in [0.15, 0.2) is 60.7 Å². The van der Waals surface area contributed by atoms with Gasteiger partial charge in [-0.25, -0.2) is 4.79 Å². The molecule has 2 rings (SSSR count). The van der Waals surface area contributed by atoms with Gasteiger partial charge in [0.2, 0.25) is 5.91 Å². The largest absolute Gasteiger partial charge is 0.480 e. The Labute approximate surface area is 141 Å². The van der Waals surface area contributed by atoms with E-state index in [9.17, 15) is 14.7 Å². The van der Waals surface area contributed by atoms with E-state index in [0.717, 1.165) is 11.1 Å². The molecule has 2 N–H and O–H groups in total. The second kappa shape index (κ2) is 8.84. The number of carbonyl (C=O) groups excluding carboxylic acids is 1. The van der Waals surface area contributed by atoms with Crippen LogP contribution in [0, 0.1) is 0 Å². The molecule has 2 aromatic rings. The molecule has 0 heterocycles. The number of likely N-dealkylation sites (N-methyl/N-ethyl adjacent to an activating group) is 1. The quantitative estimate of drug-likeness (QED) is 0.778. The lowest BCUT2D eigenvalue weighted by molar-refractivity contribution is -0.141. The van der Waals surface area contributed by atoms with Crippen LogP contribution in [-0.2, 0) is 22.6 Å². The molecule has 5 heteroatoms. The lowest BCUT2D eigenvalue weighted by atomic mass is 10.1. The zero-order valence-electron chi connectivity index (χ0n) is 13.7. The number of aliphatic carboxylic acids is 1. The Bertz CT molecular complexity index is 659. The maximum Gasteiger partial charge on any atom is 0.326 e. The number of nitrogens with zero attached hydrogens (tertiary/aromatic N) is 1. The van der Waals surface area contributed by atoms with Gasteiger partial charge in [0.05, 0.1) is 6.54 Å². The van der Waals surface area contributed by atoms with Gasteiger partial charge in [-0.05, 0) is 18.2 Å². The fourth-order valence-corrected chi connectivity index (χ4v) is 2.49. The van der Waals surface area contributed by atoms with Gasteiger partial charge in [-0.1, -0.05) is 60.7 Å². The van der Waals surface area contributed by atoms with Crippen LogP contribution in [-0.4, -0.2) is 41.5 Å². The number of hydrogen-bond acceptors (Lipinski definition) is 3. The normalized spacial score (nSPS) is 11.9. The minimum Gasteiger partial charge on any atom is -0.480 e. The molecule has 24 heavy (non-hydrogen) atoms. The first-order valence-corrected chi connectivity index (χ1v) is 7.83. The fraction of sp³-hybridized carbons (Fsp3) is 0.263. The number of benzene rings is 2. The van der Waals surface area contributed by atoms with Gasteiger partial charge in [-0.15, -0.1) is 0 Å². The number of carboxylic acids is 1. The number of amides is 1. The van der Waals surface area contributed by atoms with E-state index < -0.39 is 12.0 Å². The number of carbonyl (C=O) groups is 2. The van der Waals surface area contributed by atoms with Gasteiger partial charge >= 0.3 is 5.97 Å². The first-order chi connectivity index (χ1) is 11.5. The van der Waals surface area contributed by atoms with Crippen molar-refractivity contribution in [3.8, 4) is 0 Å². The first-order valence-electron chi connectivity index (χ1n) is 7.83. The molecule has 0 bridgehead atoms. The fourth-order valence-electron chi connectivity index (χ4n) is 2.49. The van der Waals surface area contributed by atoms with Crippen LogP contribution in [0.2, 0.25) is 0 Å². The summed E-state index contributed by atoms with van der Waals surface area (Å²) in [6, 6.07) is 18.2. The van der Waals surface area contributed by atoms with Gasteiger partial charge < -0.3 is 10.4 Å². The molecular weight excluding hydrogens is 304 g/mol. The molecule has 5 nitrogen and oxygen atoms in total. The summed E-state index contributed by atoms with van der Waals surface area (Å²) < 4.78 is 0. The summed E-state index contributed by atoms with van der Waals surface area (Å²) in [6.07, 6.45) is 0.268. The van der Waals surface area contributed by atoms with Crippen molar-refractivity contribution in [1.82, 2.24) is 10.2 Å². The predicted molar refractivity (Wildman–Crippen MR) is 92.5 cm³/mol. The third-order valence-electron chi connectivity index (χ3n) is 3.62. The van der Waals surface area contributed by atoms with Crippen molar-refractivity contribution in [1.29, 1.82) is 0 Å². The van der Waals surface area contributed by atoms with Crippen molar-refractivity contribution in [2.75, 3.05) is 13.6 Å². The van der Waals surface area contributed by atoms with Gasteiger partial charge in [-0.2, -0.15) is 0 Å². The SMILES string of the molecule is CN(CC(=O)N[C@@H](Cc1ccccc1)C(=O)O)Cc1ccccc1. The molecular formula is C19H22N2O3. The molecule has 0 radical (unpaired) electrons. The summed E-state index contributed by atoms with van der Waals surface area (Å²) in [5.74, 6) is -1.32. The molecule has 0 aliphatic carbocycles. The Morgan fingerprint density at radius 2 is 1.54 bits per heavy atom. The molecule has 1 atom stereocenters. The summed E-state index contributed by atoms with van der Waals surface area (Å²) in [6.45, 7) is 0.776. The highest BCUT2D eigenvalue weighted by Crippen LogP contribution is 2.05. The number of hydrogen-bond donors (Lipinski definition) is 2. The third kappa shape index (κ3) is 5.85. The molecule has 0 spiro atoms. The lowest BCUT2D eigenvalue weighted by Crippen LogP contribution is -2.45. The molecule has 126 valence electrons. The minimum absolute atomic E-state index is 0.146. The highest BCUT2D eigenvalue weighted by molar-refractivity contribution is 5.84. The van der Waals surface area contributed by atoms with Gasteiger partial charge in [0, 0.05) is 13.0 Å². The number of rotatable bonds is 8. The molecule has 0 saturated carbocycles. The molecule has 0 aromatic heterocycles. The van der Waals surface area contributed by atoms with Gasteiger partial charge in [0.15, 0.2) is 0 Å². The van der Waals surface area contributed by atoms with Crippen LogP contribution in [0.25, 0.3) is 0 Å². The standard InChI is InChI=1S/C19H22N2O3/c1-21(13-16-10-6-3-7-11-16)14-18(22)20-17(19(23)24)12-15-8-4-2-5-9-15/h2-11,17H,12-14H2,1H3,(H,20,22)(H,23,24)/t17-/m0/s1. The zero-order chi connectivity index (χ0) is 17.4. The van der Waals surface area contributed by atoms with Crippen LogP contribution in [0.5, 0.6) is 0 Å². The van der Waals surface area contributed by atoms with E-state index in [1.807, 2.05) is 72.6 Å². The summed E-state index contributed by atoms with van der Waals surface area (Å²) >= 11 is 0. The smallest absolute Gasteiger partial charge is 0.326 e. The van der Waals surface area contributed by atoms with Crippen molar-refractivity contribution in [2.45, 2.75) is 19.0 Å². The summed E-state index contributed by atoms with van der Waals surface area (Å²) in [7, 11) is 1.83. The molecule has 2 aromatic carbocycles. The highest BCUT2D eigenvalue weighted by Gasteiger charge is 2.20. The summed E-state index contributed by atoms with van der Waals surface area (Å²) in [5, 5.41) is 11.9. The van der Waals surface area contributed by atoms with Gasteiger partial charge in [0.25, 0.3) is 0 Å². The van der Waals surface area contributed by atoms with Crippen LogP contribution in [0.3, 0.4) is 0 Å². The van der Waals surface area contributed by atoms with Crippen molar-refractivity contribution < 1.29 is 14.7 Å². The molecule has 0 aliphatic heterocycles. The van der Waals surface area contributed by atoms with Crippen molar-refractivity contribution in [3.05, 3.63) is 71.8 Å². The number of nitrogens with one attached hydrogen (secondary N) is 1. The van der Waals surface area contributed by atoms with Crippen molar-refractivity contribution in [2.24, 2.45) is 0 Å². The Morgan fingerprint density at radius 1 is 1.00 bits per heavy atom. The van der Waals surface area contributed by atoms with Crippen LogP contribution < -0.4 is 5.32 Å². The second-order valence-corrected chi connectivity index (χ2v) is 5.81. The van der Waals surface area contributed by atoms with E-state index in [4.69, 9.17) is 0 Å². The molecule has 0 saturated heterocycles. The number of carboxylic acid groups (broad SMARTS) is 1. The third-order valence-corrected chi connectivity index (χ3v) is 3.62. The maximum absolute atomic E-state index is 12.1. The van der Waals surface area contributed by atoms with E-state index >= 15 is 0 Å². The summed E-state index contributed by atoms with van der Waals surface area (Å²) in [4.78, 5) is 25.4. The van der Waals surface area contributed by atoms with Crippen molar-refractivity contribution in [3.63, 3.8) is 0 Å². The predicted octanol–water partition coefficient (Wildman–Crippen LogP) is 1.93. The van der Waals surface area contributed by atoms with E-state index in [2.05, 4.69) is 5.32 Å². The maximum atomic E-state index is 12.1. The Hall–Kier alpha value is -2.66. The van der Waals surface area contributed by atoms with Gasteiger partial charge in [0.1, 0.15) is 6.04 Å².